The van der Waals surface area contributed by atoms with Crippen molar-refractivity contribution in [3.63, 3.8) is 0 Å². The summed E-state index contributed by atoms with van der Waals surface area (Å²) in [6, 6.07) is 5.84. The van der Waals surface area contributed by atoms with Gasteiger partial charge in [0.2, 0.25) is 0 Å². The Morgan fingerprint density at radius 3 is 2.95 bits per heavy atom. The summed E-state index contributed by atoms with van der Waals surface area (Å²) in [5.74, 6) is 0.881. The third-order valence-electron chi connectivity index (χ3n) is 4.64. The summed E-state index contributed by atoms with van der Waals surface area (Å²) in [5, 5.41) is 3.47. The summed E-state index contributed by atoms with van der Waals surface area (Å²) in [4.78, 5) is 0. The maximum absolute atomic E-state index is 14.5. The molecule has 2 atom stereocenters. The van der Waals surface area contributed by atoms with Crippen molar-refractivity contribution in [1.29, 1.82) is 0 Å². The van der Waals surface area contributed by atoms with Gasteiger partial charge in [0.1, 0.15) is 5.82 Å². The molecule has 1 aliphatic heterocycles. The molecule has 1 N–H and O–H groups in total. The second-order valence-corrected chi connectivity index (χ2v) is 6.18. The van der Waals surface area contributed by atoms with Crippen molar-refractivity contribution in [3.8, 4) is 0 Å². The molecule has 1 unspecified atom stereocenters. The molecule has 2 nitrogen and oxygen atoms in total. The number of rotatable bonds is 7. The van der Waals surface area contributed by atoms with Gasteiger partial charge in [-0.1, -0.05) is 24.6 Å². The highest BCUT2D eigenvalue weighted by molar-refractivity contribution is 5.28. The molecule has 118 valence electrons. The van der Waals surface area contributed by atoms with Gasteiger partial charge in [-0.2, -0.15) is 0 Å². The molecule has 1 aliphatic rings. The highest BCUT2D eigenvalue weighted by Crippen LogP contribution is 2.35. The van der Waals surface area contributed by atoms with Gasteiger partial charge in [0.15, 0.2) is 0 Å². The van der Waals surface area contributed by atoms with Gasteiger partial charge in [-0.05, 0) is 68.7 Å². The Bertz CT molecular complexity index is 429. The highest BCUT2D eigenvalue weighted by atomic mass is 19.1. The van der Waals surface area contributed by atoms with Gasteiger partial charge in [-0.25, -0.2) is 4.39 Å². The van der Waals surface area contributed by atoms with Crippen LogP contribution < -0.4 is 5.32 Å². The van der Waals surface area contributed by atoms with Crippen LogP contribution in [0.1, 0.15) is 49.1 Å². The topological polar surface area (TPSA) is 21.3 Å². The van der Waals surface area contributed by atoms with Crippen LogP contribution >= 0.6 is 0 Å². The van der Waals surface area contributed by atoms with Crippen molar-refractivity contribution in [3.05, 3.63) is 35.1 Å². The lowest BCUT2D eigenvalue weighted by Gasteiger charge is -2.32. The fourth-order valence-corrected chi connectivity index (χ4v) is 3.43. The first-order valence-corrected chi connectivity index (χ1v) is 8.18. The van der Waals surface area contributed by atoms with Crippen molar-refractivity contribution >= 4 is 0 Å². The van der Waals surface area contributed by atoms with Crippen LogP contribution in [0.5, 0.6) is 0 Å². The fourth-order valence-electron chi connectivity index (χ4n) is 3.43. The molecule has 0 amide bonds. The molecule has 1 aromatic rings. The van der Waals surface area contributed by atoms with Crippen LogP contribution in [0.2, 0.25) is 0 Å². The van der Waals surface area contributed by atoms with E-state index in [1.54, 1.807) is 7.11 Å². The van der Waals surface area contributed by atoms with Crippen molar-refractivity contribution < 1.29 is 9.13 Å². The van der Waals surface area contributed by atoms with E-state index < -0.39 is 0 Å². The Hall–Kier alpha value is -0.930. The summed E-state index contributed by atoms with van der Waals surface area (Å²) in [7, 11) is 1.74. The molecule has 1 fully saturated rings. The zero-order valence-electron chi connectivity index (χ0n) is 13.3. The largest absolute Gasteiger partial charge is 0.385 e. The SMILES string of the molecule is COCCCCC(c1cccc(C)c1F)[C@H]1CCCNC1. The Labute approximate surface area is 128 Å². The van der Waals surface area contributed by atoms with E-state index in [9.17, 15) is 4.39 Å². The van der Waals surface area contributed by atoms with E-state index in [2.05, 4.69) is 5.32 Å². The minimum absolute atomic E-state index is 0.000171. The van der Waals surface area contributed by atoms with Crippen LogP contribution in [0, 0.1) is 18.7 Å². The molecule has 2 rings (SSSR count). The van der Waals surface area contributed by atoms with Gasteiger partial charge >= 0.3 is 0 Å². The molecule has 0 spiro atoms. The minimum atomic E-state index is -0.000171. The Kier molecular flexibility index (Phi) is 6.65. The van der Waals surface area contributed by atoms with Gasteiger partial charge in [-0.3, -0.25) is 0 Å². The van der Waals surface area contributed by atoms with Crippen LogP contribution in [0.4, 0.5) is 4.39 Å². The maximum atomic E-state index is 14.5. The third kappa shape index (κ3) is 4.52. The molecule has 1 aromatic carbocycles. The first-order chi connectivity index (χ1) is 10.2. The van der Waals surface area contributed by atoms with Crippen LogP contribution in [0.25, 0.3) is 0 Å². The van der Waals surface area contributed by atoms with E-state index in [1.165, 1.54) is 12.8 Å². The predicted molar refractivity (Wildman–Crippen MR) is 85.2 cm³/mol. The first-order valence-electron chi connectivity index (χ1n) is 8.18. The zero-order chi connectivity index (χ0) is 15.1. The molecule has 1 saturated heterocycles. The molecule has 1 heterocycles. The molecule has 0 saturated carbocycles. The second-order valence-electron chi connectivity index (χ2n) is 6.18. The van der Waals surface area contributed by atoms with Crippen molar-refractivity contribution in [1.82, 2.24) is 5.32 Å². The number of methoxy groups -OCH3 is 1. The number of benzene rings is 1. The summed E-state index contributed by atoms with van der Waals surface area (Å²) in [6.45, 7) is 4.78. The van der Waals surface area contributed by atoms with Crippen LogP contribution in [-0.4, -0.2) is 26.8 Å². The lowest BCUT2D eigenvalue weighted by atomic mass is 9.78. The Morgan fingerprint density at radius 2 is 2.24 bits per heavy atom. The molecular weight excluding hydrogens is 265 g/mol. The van der Waals surface area contributed by atoms with E-state index in [0.29, 0.717) is 11.8 Å². The number of halogens is 1. The quantitative estimate of drug-likeness (QED) is 0.766. The molecule has 21 heavy (non-hydrogen) atoms. The van der Waals surface area contributed by atoms with Crippen LogP contribution in [0.3, 0.4) is 0 Å². The van der Waals surface area contributed by atoms with Gasteiger partial charge < -0.3 is 10.1 Å². The number of unbranched alkanes of at least 4 members (excludes halogenated alkanes) is 1. The van der Waals surface area contributed by atoms with E-state index in [4.69, 9.17) is 4.74 Å². The second kappa shape index (κ2) is 8.50. The van der Waals surface area contributed by atoms with Gasteiger partial charge in [0, 0.05) is 13.7 Å². The lowest BCUT2D eigenvalue weighted by molar-refractivity contribution is 0.189. The van der Waals surface area contributed by atoms with E-state index in [-0.39, 0.29) is 5.82 Å². The normalized spacial score (nSPS) is 20.4. The van der Waals surface area contributed by atoms with Gasteiger partial charge in [0.25, 0.3) is 0 Å². The molecule has 3 heteroatoms. The Morgan fingerprint density at radius 1 is 1.38 bits per heavy atom. The van der Waals surface area contributed by atoms with Crippen LogP contribution in [-0.2, 0) is 4.74 Å². The molecule has 0 bridgehead atoms. The van der Waals surface area contributed by atoms with Gasteiger partial charge in [-0.15, -0.1) is 0 Å². The number of hydrogen-bond acceptors (Lipinski definition) is 2. The van der Waals surface area contributed by atoms with Gasteiger partial charge in [0.05, 0.1) is 0 Å². The smallest absolute Gasteiger partial charge is 0.129 e. The first kappa shape index (κ1) is 16.4. The minimum Gasteiger partial charge on any atom is -0.385 e. The number of ether oxygens (including phenoxy) is 1. The average Bonchev–Trinajstić information content (AvgIpc) is 2.52. The predicted octanol–water partition coefficient (Wildman–Crippen LogP) is 4.03. The number of hydrogen-bond donors (Lipinski definition) is 1. The highest BCUT2D eigenvalue weighted by Gasteiger charge is 2.27. The fraction of sp³-hybridized carbons (Fsp3) is 0.667. The Balaban J connectivity index is 2.11. The monoisotopic (exact) mass is 293 g/mol. The van der Waals surface area contributed by atoms with E-state index in [1.807, 2.05) is 25.1 Å². The molecule has 0 aromatic heterocycles. The number of nitrogens with one attached hydrogen (secondary N) is 1. The van der Waals surface area contributed by atoms with Crippen LogP contribution in [0.15, 0.2) is 18.2 Å². The lowest BCUT2D eigenvalue weighted by Crippen LogP contribution is -2.33. The van der Waals surface area contributed by atoms with Crippen molar-refractivity contribution in [2.24, 2.45) is 5.92 Å². The number of piperidine rings is 1. The molecule has 0 aliphatic carbocycles. The third-order valence-corrected chi connectivity index (χ3v) is 4.64. The number of aryl methyl sites for hydroxylation is 1. The zero-order valence-corrected chi connectivity index (χ0v) is 13.3. The van der Waals surface area contributed by atoms with Crippen molar-refractivity contribution in [2.45, 2.75) is 44.9 Å². The maximum Gasteiger partial charge on any atom is 0.129 e. The summed E-state index contributed by atoms with van der Waals surface area (Å²) < 4.78 is 19.7. The van der Waals surface area contributed by atoms with Crippen molar-refractivity contribution in [2.75, 3.05) is 26.8 Å². The summed E-state index contributed by atoms with van der Waals surface area (Å²) >= 11 is 0. The summed E-state index contributed by atoms with van der Waals surface area (Å²) in [6.07, 6.45) is 5.61. The standard InChI is InChI=1S/C18H28FNO/c1-14-7-5-10-17(18(14)19)16(9-3-4-12-21-2)15-8-6-11-20-13-15/h5,7,10,15-16,20H,3-4,6,8-9,11-13H2,1-2H3/t15-,16?/m0/s1. The summed E-state index contributed by atoms with van der Waals surface area (Å²) in [5.41, 5.74) is 1.68. The molecule has 0 radical (unpaired) electrons. The van der Waals surface area contributed by atoms with E-state index in [0.717, 1.165) is 50.1 Å². The van der Waals surface area contributed by atoms with E-state index >= 15 is 0 Å². The molecular formula is C18H28FNO. The average molecular weight is 293 g/mol.